The average Bonchev–Trinajstić information content (AvgIpc) is 3.09. The second-order valence-electron chi connectivity index (χ2n) is 8.92. The van der Waals surface area contributed by atoms with Crippen molar-refractivity contribution in [1.82, 2.24) is 19.7 Å². The fourth-order valence-corrected chi connectivity index (χ4v) is 4.47. The standard InChI is InChI=1S/C25H31N5O3/c1-15-13-19(25(32)30-11-7-6-8-18(30)4)9-10-20(15)27-21(31)14-33-24-22-16(2)12-17(3)26-23(22)29(5)28-24/h9-10,12-13,18H,6-8,11,14H2,1-5H3,(H,27,31). The zero-order valence-electron chi connectivity index (χ0n) is 19.9. The van der Waals surface area contributed by atoms with E-state index in [-0.39, 0.29) is 24.5 Å². The molecule has 0 radical (unpaired) electrons. The van der Waals surface area contributed by atoms with Crippen molar-refractivity contribution in [3.63, 3.8) is 0 Å². The number of nitrogens with one attached hydrogen (secondary N) is 1. The van der Waals surface area contributed by atoms with E-state index < -0.39 is 0 Å². The van der Waals surface area contributed by atoms with Crippen molar-refractivity contribution in [2.45, 2.75) is 53.0 Å². The molecule has 1 aromatic carbocycles. The Morgan fingerprint density at radius 3 is 2.67 bits per heavy atom. The van der Waals surface area contributed by atoms with E-state index in [0.29, 0.717) is 17.1 Å². The van der Waals surface area contributed by atoms with Gasteiger partial charge in [0.05, 0.1) is 5.39 Å². The van der Waals surface area contributed by atoms with Crippen LogP contribution in [-0.2, 0) is 11.8 Å². The molecule has 1 atom stereocenters. The van der Waals surface area contributed by atoms with E-state index >= 15 is 0 Å². The summed E-state index contributed by atoms with van der Waals surface area (Å²) in [6, 6.07) is 7.62. The smallest absolute Gasteiger partial charge is 0.262 e. The van der Waals surface area contributed by atoms with Crippen LogP contribution in [0.15, 0.2) is 24.3 Å². The molecular weight excluding hydrogens is 418 g/mol. The molecule has 2 aromatic heterocycles. The lowest BCUT2D eigenvalue weighted by atomic mass is 10.0. The largest absolute Gasteiger partial charge is 0.466 e. The summed E-state index contributed by atoms with van der Waals surface area (Å²) in [6.07, 6.45) is 3.25. The maximum Gasteiger partial charge on any atom is 0.262 e. The van der Waals surface area contributed by atoms with Gasteiger partial charge in [-0.2, -0.15) is 0 Å². The molecule has 4 rings (SSSR count). The molecule has 2 amide bonds. The molecule has 1 aliphatic heterocycles. The summed E-state index contributed by atoms with van der Waals surface area (Å²) in [5, 5.41) is 8.06. The van der Waals surface area contributed by atoms with Gasteiger partial charge >= 0.3 is 0 Å². The Morgan fingerprint density at radius 1 is 1.15 bits per heavy atom. The summed E-state index contributed by atoms with van der Waals surface area (Å²) in [5.41, 5.74) is 4.76. The lowest BCUT2D eigenvalue weighted by Gasteiger charge is -2.33. The highest BCUT2D eigenvalue weighted by atomic mass is 16.5. The van der Waals surface area contributed by atoms with Crippen LogP contribution in [0.25, 0.3) is 11.0 Å². The van der Waals surface area contributed by atoms with Gasteiger partial charge in [-0.15, -0.1) is 5.10 Å². The first kappa shape index (κ1) is 22.8. The van der Waals surface area contributed by atoms with Gasteiger partial charge in [0, 0.05) is 36.6 Å². The van der Waals surface area contributed by atoms with Crippen LogP contribution < -0.4 is 10.1 Å². The van der Waals surface area contributed by atoms with Crippen LogP contribution in [-0.4, -0.2) is 50.7 Å². The number of piperidine rings is 1. The molecule has 174 valence electrons. The normalized spacial score (nSPS) is 16.2. The third kappa shape index (κ3) is 4.69. The minimum Gasteiger partial charge on any atom is -0.466 e. The summed E-state index contributed by atoms with van der Waals surface area (Å²) < 4.78 is 7.40. The SMILES string of the molecule is Cc1cc(C)c2c(OCC(=O)Nc3ccc(C(=O)N4CCCCC4C)cc3C)nn(C)c2n1. The van der Waals surface area contributed by atoms with Gasteiger partial charge in [-0.1, -0.05) is 0 Å². The van der Waals surface area contributed by atoms with Crippen LogP contribution in [0, 0.1) is 20.8 Å². The molecule has 1 aliphatic rings. The lowest BCUT2D eigenvalue weighted by Crippen LogP contribution is -2.42. The number of aryl methyl sites for hydroxylation is 4. The molecular formula is C25H31N5O3. The Kier molecular flexibility index (Phi) is 6.35. The van der Waals surface area contributed by atoms with Crippen molar-refractivity contribution < 1.29 is 14.3 Å². The lowest BCUT2D eigenvalue weighted by molar-refractivity contribution is -0.118. The van der Waals surface area contributed by atoms with Gasteiger partial charge in [-0.05, 0) is 82.3 Å². The zero-order chi connectivity index (χ0) is 23.7. The summed E-state index contributed by atoms with van der Waals surface area (Å²) in [4.78, 5) is 31.9. The number of amides is 2. The number of carbonyl (C=O) groups is 2. The summed E-state index contributed by atoms with van der Waals surface area (Å²) in [6.45, 7) is 8.51. The molecule has 3 aromatic rings. The first-order valence-corrected chi connectivity index (χ1v) is 11.4. The molecule has 0 spiro atoms. The number of likely N-dealkylation sites (tertiary alicyclic amines) is 1. The molecule has 0 aliphatic carbocycles. The fraction of sp³-hybridized carbons (Fsp3) is 0.440. The number of ether oxygens (including phenoxy) is 1. The first-order valence-electron chi connectivity index (χ1n) is 11.4. The van der Waals surface area contributed by atoms with Gasteiger partial charge in [0.15, 0.2) is 12.3 Å². The minimum atomic E-state index is -0.293. The first-order chi connectivity index (χ1) is 15.7. The van der Waals surface area contributed by atoms with E-state index in [2.05, 4.69) is 22.3 Å². The van der Waals surface area contributed by atoms with Crippen molar-refractivity contribution >= 4 is 28.5 Å². The second-order valence-corrected chi connectivity index (χ2v) is 8.92. The third-order valence-corrected chi connectivity index (χ3v) is 6.24. The van der Waals surface area contributed by atoms with Crippen LogP contribution in [0.1, 0.15) is 53.4 Å². The Hall–Kier alpha value is -3.42. The van der Waals surface area contributed by atoms with E-state index in [4.69, 9.17) is 4.74 Å². The quantitative estimate of drug-likeness (QED) is 0.638. The number of rotatable bonds is 5. The van der Waals surface area contributed by atoms with Crippen molar-refractivity contribution in [3.05, 3.63) is 46.6 Å². The predicted molar refractivity (Wildman–Crippen MR) is 128 cm³/mol. The monoisotopic (exact) mass is 449 g/mol. The van der Waals surface area contributed by atoms with Crippen molar-refractivity contribution in [3.8, 4) is 5.88 Å². The minimum absolute atomic E-state index is 0.0488. The van der Waals surface area contributed by atoms with Gasteiger partial charge in [0.2, 0.25) is 5.88 Å². The van der Waals surface area contributed by atoms with Crippen LogP contribution in [0.3, 0.4) is 0 Å². The average molecular weight is 450 g/mol. The molecule has 0 saturated carbocycles. The Bertz CT molecular complexity index is 1220. The van der Waals surface area contributed by atoms with Gasteiger partial charge in [0.25, 0.3) is 11.8 Å². The summed E-state index contributed by atoms with van der Waals surface area (Å²) in [7, 11) is 1.80. The van der Waals surface area contributed by atoms with Gasteiger partial charge in [0.1, 0.15) is 0 Å². The van der Waals surface area contributed by atoms with Gasteiger partial charge < -0.3 is 15.0 Å². The van der Waals surface area contributed by atoms with E-state index in [9.17, 15) is 9.59 Å². The van der Waals surface area contributed by atoms with Crippen molar-refractivity contribution in [2.24, 2.45) is 7.05 Å². The summed E-state index contributed by atoms with van der Waals surface area (Å²) in [5.74, 6) is 0.145. The molecule has 3 heterocycles. The van der Waals surface area contributed by atoms with E-state index in [1.165, 1.54) is 6.42 Å². The molecule has 1 N–H and O–H groups in total. The Balaban J connectivity index is 1.42. The molecule has 1 saturated heterocycles. The Labute approximate surface area is 193 Å². The zero-order valence-corrected chi connectivity index (χ0v) is 19.9. The molecule has 8 nitrogen and oxygen atoms in total. The summed E-state index contributed by atoms with van der Waals surface area (Å²) >= 11 is 0. The molecule has 0 bridgehead atoms. The number of hydrogen-bond donors (Lipinski definition) is 1. The molecule has 1 unspecified atom stereocenters. The second kappa shape index (κ2) is 9.21. The van der Waals surface area contributed by atoms with Crippen LogP contribution in [0.5, 0.6) is 5.88 Å². The Morgan fingerprint density at radius 2 is 1.94 bits per heavy atom. The fourth-order valence-electron chi connectivity index (χ4n) is 4.47. The molecule has 1 fully saturated rings. The van der Waals surface area contributed by atoms with Crippen molar-refractivity contribution in [1.29, 1.82) is 0 Å². The van der Waals surface area contributed by atoms with Crippen molar-refractivity contribution in [2.75, 3.05) is 18.5 Å². The number of benzene rings is 1. The molecule has 8 heteroatoms. The number of pyridine rings is 1. The number of carbonyl (C=O) groups excluding carboxylic acids is 2. The van der Waals surface area contributed by atoms with Gasteiger partial charge in [-0.3, -0.25) is 9.59 Å². The van der Waals surface area contributed by atoms with E-state index in [1.54, 1.807) is 23.9 Å². The molecule has 33 heavy (non-hydrogen) atoms. The maximum atomic E-state index is 12.9. The highest BCUT2D eigenvalue weighted by Crippen LogP contribution is 2.27. The highest BCUT2D eigenvalue weighted by Gasteiger charge is 2.24. The van der Waals surface area contributed by atoms with Crippen LogP contribution in [0.4, 0.5) is 5.69 Å². The maximum absolute atomic E-state index is 12.9. The predicted octanol–water partition coefficient (Wildman–Crippen LogP) is 3.93. The van der Waals surface area contributed by atoms with Crippen LogP contribution in [0.2, 0.25) is 0 Å². The van der Waals surface area contributed by atoms with E-state index in [0.717, 1.165) is 47.2 Å². The van der Waals surface area contributed by atoms with E-state index in [1.807, 2.05) is 37.8 Å². The number of fused-ring (bicyclic) bond motifs is 1. The third-order valence-electron chi connectivity index (χ3n) is 6.24. The highest BCUT2D eigenvalue weighted by molar-refractivity contribution is 5.97. The number of nitrogens with zero attached hydrogens (tertiary/aromatic N) is 4. The number of aromatic nitrogens is 3. The topological polar surface area (TPSA) is 89.4 Å². The van der Waals surface area contributed by atoms with Gasteiger partial charge in [-0.25, -0.2) is 9.67 Å². The number of hydrogen-bond acceptors (Lipinski definition) is 5. The number of anilines is 1. The van der Waals surface area contributed by atoms with Crippen LogP contribution >= 0.6 is 0 Å².